The van der Waals surface area contributed by atoms with Crippen LogP contribution in [0.3, 0.4) is 0 Å². The van der Waals surface area contributed by atoms with E-state index in [0.717, 1.165) is 20.8 Å². The molecule has 0 aliphatic carbocycles. The van der Waals surface area contributed by atoms with E-state index in [1.54, 1.807) is 23.5 Å². The van der Waals surface area contributed by atoms with Crippen LogP contribution < -0.4 is 0 Å². The van der Waals surface area contributed by atoms with Crippen LogP contribution in [0.25, 0.3) is 11.0 Å². The van der Waals surface area contributed by atoms with E-state index < -0.39 is 0 Å². The number of aromatic nitrogens is 2. The third-order valence-electron chi connectivity index (χ3n) is 3.97. The highest BCUT2D eigenvalue weighted by molar-refractivity contribution is 8.00. The molecule has 0 fully saturated rings. The van der Waals surface area contributed by atoms with Crippen LogP contribution in [0.15, 0.2) is 80.2 Å². The van der Waals surface area contributed by atoms with Crippen LogP contribution >= 0.6 is 35.3 Å². The summed E-state index contributed by atoms with van der Waals surface area (Å²) in [5, 5.41) is 0. The second-order valence-corrected chi connectivity index (χ2v) is 8.45. The van der Waals surface area contributed by atoms with Crippen LogP contribution in [0.5, 0.6) is 0 Å². The topological polar surface area (TPSA) is 25.8 Å². The third-order valence-corrected chi connectivity index (χ3v) is 6.95. The van der Waals surface area contributed by atoms with E-state index in [1.807, 2.05) is 0 Å². The second kappa shape index (κ2) is 7.20. The minimum Gasteiger partial charge on any atom is -0.172 e. The van der Waals surface area contributed by atoms with Crippen LogP contribution in [0.2, 0.25) is 0 Å². The highest BCUT2D eigenvalue weighted by Gasteiger charge is 2.14. The van der Waals surface area contributed by atoms with Gasteiger partial charge < -0.3 is 0 Å². The van der Waals surface area contributed by atoms with Gasteiger partial charge >= 0.3 is 0 Å². The fourth-order valence-corrected chi connectivity index (χ4v) is 5.23. The summed E-state index contributed by atoms with van der Waals surface area (Å²) < 4.78 is 9.13. The summed E-state index contributed by atoms with van der Waals surface area (Å²) in [7, 11) is 0. The minimum atomic E-state index is 0.997. The fourth-order valence-electron chi connectivity index (χ4n) is 2.56. The predicted octanol–water partition coefficient (Wildman–Crippen LogP) is 6.61. The normalized spacial score (nSPS) is 11.1. The average molecular weight is 381 g/mol. The van der Waals surface area contributed by atoms with E-state index in [0.29, 0.717) is 0 Å². The quantitative estimate of drug-likeness (QED) is 0.398. The number of hydrogen-bond donors (Lipinski definition) is 0. The summed E-state index contributed by atoms with van der Waals surface area (Å²) in [6.07, 6.45) is 0. The van der Waals surface area contributed by atoms with Crippen molar-refractivity contribution in [3.05, 3.63) is 71.8 Å². The first-order valence-electron chi connectivity index (χ1n) is 7.94. The van der Waals surface area contributed by atoms with E-state index in [2.05, 4.69) is 83.3 Å². The second-order valence-electron chi connectivity index (χ2n) is 5.76. The molecule has 1 heterocycles. The van der Waals surface area contributed by atoms with Crippen LogP contribution in [-0.4, -0.2) is 8.75 Å². The maximum absolute atomic E-state index is 4.57. The smallest absolute Gasteiger partial charge is 0.119 e. The Morgan fingerprint density at radius 2 is 1.04 bits per heavy atom. The summed E-state index contributed by atoms with van der Waals surface area (Å²) in [5.41, 5.74) is 4.55. The van der Waals surface area contributed by atoms with Gasteiger partial charge in [0.2, 0.25) is 0 Å². The van der Waals surface area contributed by atoms with Crippen LogP contribution in [0, 0.1) is 13.8 Å². The van der Waals surface area contributed by atoms with Crippen LogP contribution in [-0.2, 0) is 0 Å². The molecule has 25 heavy (non-hydrogen) atoms. The Bertz CT molecular complexity index is 958. The number of aryl methyl sites for hydroxylation is 2. The summed E-state index contributed by atoms with van der Waals surface area (Å²) in [6.45, 7) is 4.28. The van der Waals surface area contributed by atoms with E-state index >= 15 is 0 Å². The van der Waals surface area contributed by atoms with Gasteiger partial charge in [0.15, 0.2) is 0 Å². The summed E-state index contributed by atoms with van der Waals surface area (Å²) in [6, 6.07) is 21.2. The van der Waals surface area contributed by atoms with Crippen LogP contribution in [0.1, 0.15) is 11.1 Å². The Morgan fingerprint density at radius 1 is 0.600 bits per heavy atom. The van der Waals surface area contributed by atoms with Gasteiger partial charge in [-0.15, -0.1) is 0 Å². The lowest BCUT2D eigenvalue weighted by molar-refractivity contribution is 1.28. The lowest BCUT2D eigenvalue weighted by atomic mass is 10.2. The Morgan fingerprint density at radius 3 is 1.48 bits per heavy atom. The van der Waals surface area contributed by atoms with Crippen molar-refractivity contribution in [2.75, 3.05) is 0 Å². The SMILES string of the molecule is Cc1ccccc1Sc1ccc(Sc2ccccc2C)c2nsnc12. The van der Waals surface area contributed by atoms with Gasteiger partial charge in [0.25, 0.3) is 0 Å². The first kappa shape index (κ1) is 16.6. The first-order chi connectivity index (χ1) is 12.2. The van der Waals surface area contributed by atoms with Crippen molar-refractivity contribution in [3.8, 4) is 0 Å². The molecule has 124 valence electrons. The maximum atomic E-state index is 4.57. The van der Waals surface area contributed by atoms with Gasteiger partial charge in [0.1, 0.15) is 11.0 Å². The van der Waals surface area contributed by atoms with Crippen molar-refractivity contribution in [2.45, 2.75) is 33.4 Å². The van der Waals surface area contributed by atoms with Crippen LogP contribution in [0.4, 0.5) is 0 Å². The van der Waals surface area contributed by atoms with E-state index in [1.165, 1.54) is 32.6 Å². The lowest BCUT2D eigenvalue weighted by Gasteiger charge is -2.09. The van der Waals surface area contributed by atoms with E-state index in [-0.39, 0.29) is 0 Å². The third kappa shape index (κ3) is 3.45. The molecule has 0 aliphatic heterocycles. The summed E-state index contributed by atoms with van der Waals surface area (Å²) in [4.78, 5) is 4.84. The van der Waals surface area contributed by atoms with Crippen molar-refractivity contribution in [2.24, 2.45) is 0 Å². The van der Waals surface area contributed by atoms with Gasteiger partial charge in [-0.3, -0.25) is 0 Å². The Kier molecular flexibility index (Phi) is 4.79. The van der Waals surface area contributed by atoms with Gasteiger partial charge in [-0.1, -0.05) is 59.9 Å². The molecule has 0 unspecified atom stereocenters. The molecule has 3 aromatic carbocycles. The molecule has 1 aromatic heterocycles. The summed E-state index contributed by atoms with van der Waals surface area (Å²) >= 11 is 4.81. The first-order valence-corrected chi connectivity index (χ1v) is 10.3. The van der Waals surface area contributed by atoms with Crippen molar-refractivity contribution in [3.63, 3.8) is 0 Å². The Hall–Kier alpha value is -1.82. The maximum Gasteiger partial charge on any atom is 0.119 e. The number of rotatable bonds is 4. The van der Waals surface area contributed by atoms with Crippen molar-refractivity contribution >= 4 is 46.3 Å². The monoisotopic (exact) mass is 380 g/mol. The number of nitrogens with zero attached hydrogens (tertiary/aromatic N) is 2. The molecule has 0 spiro atoms. The molecule has 5 heteroatoms. The van der Waals surface area contributed by atoms with Gasteiger partial charge in [-0.25, -0.2) is 0 Å². The molecule has 0 saturated carbocycles. The zero-order chi connectivity index (χ0) is 17.2. The number of fused-ring (bicyclic) bond motifs is 1. The molecule has 0 aliphatic rings. The van der Waals surface area contributed by atoms with Gasteiger partial charge in [-0.05, 0) is 49.2 Å². The molecule has 4 rings (SSSR count). The van der Waals surface area contributed by atoms with Gasteiger partial charge in [0, 0.05) is 19.6 Å². The van der Waals surface area contributed by atoms with E-state index in [9.17, 15) is 0 Å². The molecule has 2 nitrogen and oxygen atoms in total. The molecule has 4 aromatic rings. The highest BCUT2D eigenvalue weighted by Crippen LogP contribution is 2.40. The van der Waals surface area contributed by atoms with Crippen molar-refractivity contribution in [1.82, 2.24) is 8.75 Å². The Balaban J connectivity index is 1.72. The molecule has 0 atom stereocenters. The zero-order valence-corrected chi connectivity index (χ0v) is 16.3. The fraction of sp³-hybridized carbons (Fsp3) is 0.100. The average Bonchev–Trinajstić information content (AvgIpc) is 3.11. The molecular formula is C20H16N2S3. The van der Waals surface area contributed by atoms with Gasteiger partial charge in [-0.2, -0.15) is 8.75 Å². The standard InChI is InChI=1S/C20H16N2S3/c1-13-7-3-5-9-15(13)23-17-11-12-18(20-19(17)21-25-22-20)24-16-10-6-4-8-14(16)2/h3-12H,1-2H3. The Labute approximate surface area is 160 Å². The molecule has 0 bridgehead atoms. The molecule has 0 radical (unpaired) electrons. The predicted molar refractivity (Wildman–Crippen MR) is 108 cm³/mol. The van der Waals surface area contributed by atoms with Crippen molar-refractivity contribution in [1.29, 1.82) is 0 Å². The minimum absolute atomic E-state index is 0.997. The molecule has 0 amide bonds. The molecule has 0 N–H and O–H groups in total. The molecule has 0 saturated heterocycles. The van der Waals surface area contributed by atoms with Gasteiger partial charge in [0.05, 0.1) is 11.7 Å². The summed E-state index contributed by atoms with van der Waals surface area (Å²) in [5.74, 6) is 0. The molecular weight excluding hydrogens is 364 g/mol. The number of benzene rings is 3. The highest BCUT2D eigenvalue weighted by atomic mass is 32.2. The lowest BCUT2D eigenvalue weighted by Crippen LogP contribution is -1.84. The zero-order valence-electron chi connectivity index (χ0n) is 13.9. The number of hydrogen-bond acceptors (Lipinski definition) is 5. The van der Waals surface area contributed by atoms with Crippen molar-refractivity contribution < 1.29 is 0 Å². The van der Waals surface area contributed by atoms with E-state index in [4.69, 9.17) is 0 Å². The largest absolute Gasteiger partial charge is 0.172 e.